The highest BCUT2D eigenvalue weighted by atomic mass is 35.5. The van der Waals surface area contributed by atoms with E-state index in [4.69, 9.17) is 16.3 Å². The maximum atomic E-state index is 11.8. The molecule has 6 nitrogen and oxygen atoms in total. The number of halogens is 1. The molecule has 1 amide bonds. The molecule has 0 aliphatic rings. The number of hydrogen-bond donors (Lipinski definition) is 1. The Kier molecular flexibility index (Phi) is 5.06. The molecule has 114 valence electrons. The van der Waals surface area contributed by atoms with Crippen molar-refractivity contribution < 1.29 is 14.3 Å². The van der Waals surface area contributed by atoms with Crippen LogP contribution in [-0.4, -0.2) is 28.5 Å². The van der Waals surface area contributed by atoms with E-state index in [9.17, 15) is 9.59 Å². The zero-order chi connectivity index (χ0) is 16.1. The summed E-state index contributed by atoms with van der Waals surface area (Å²) in [6.07, 6.45) is 2.75. The van der Waals surface area contributed by atoms with Crippen molar-refractivity contribution in [3.05, 3.63) is 52.6 Å². The molecule has 0 fully saturated rings. The van der Waals surface area contributed by atoms with Crippen LogP contribution in [0.25, 0.3) is 0 Å². The fraction of sp³-hybridized carbons (Fsp3) is 0.200. The van der Waals surface area contributed by atoms with Gasteiger partial charge in [-0.15, -0.1) is 0 Å². The Balaban J connectivity index is 1.89. The number of rotatable bonds is 4. The van der Waals surface area contributed by atoms with E-state index in [2.05, 4.69) is 15.3 Å². The second kappa shape index (κ2) is 7.00. The predicted octanol–water partition coefficient (Wildman–Crippen LogP) is 2.54. The molecule has 2 rings (SSSR count). The first-order valence-corrected chi connectivity index (χ1v) is 6.85. The van der Waals surface area contributed by atoms with E-state index in [1.165, 1.54) is 12.4 Å². The average molecular weight is 320 g/mol. The summed E-state index contributed by atoms with van der Waals surface area (Å²) in [5, 5.41) is 2.99. The first-order valence-electron chi connectivity index (χ1n) is 6.47. The molecule has 0 radical (unpaired) electrons. The molecule has 0 aliphatic heterocycles. The molecule has 1 N–H and O–H groups in total. The predicted molar refractivity (Wildman–Crippen MR) is 81.9 cm³/mol. The molecule has 2 aromatic rings. The first kappa shape index (κ1) is 15.9. The summed E-state index contributed by atoms with van der Waals surface area (Å²) < 4.78 is 4.87. The van der Waals surface area contributed by atoms with Crippen molar-refractivity contribution in [2.45, 2.75) is 13.8 Å². The Morgan fingerprint density at radius 2 is 2.00 bits per heavy atom. The van der Waals surface area contributed by atoms with Crippen molar-refractivity contribution in [2.75, 3.05) is 11.9 Å². The number of aromatic nitrogens is 2. The molecule has 0 aliphatic carbocycles. The highest BCUT2D eigenvalue weighted by Gasteiger charge is 2.12. The van der Waals surface area contributed by atoms with E-state index in [1.807, 2.05) is 13.0 Å². The van der Waals surface area contributed by atoms with Gasteiger partial charge in [0.2, 0.25) is 0 Å². The summed E-state index contributed by atoms with van der Waals surface area (Å²) in [5.74, 6) is -1.20. The number of benzene rings is 1. The quantitative estimate of drug-likeness (QED) is 0.876. The molecule has 0 atom stereocenters. The van der Waals surface area contributed by atoms with Crippen molar-refractivity contribution in [3.63, 3.8) is 0 Å². The van der Waals surface area contributed by atoms with Crippen LogP contribution in [0.15, 0.2) is 30.6 Å². The van der Waals surface area contributed by atoms with Gasteiger partial charge in [0.25, 0.3) is 5.91 Å². The molecule has 1 aromatic carbocycles. The highest BCUT2D eigenvalue weighted by molar-refractivity contribution is 6.33. The molecule has 1 aromatic heterocycles. The zero-order valence-corrected chi connectivity index (χ0v) is 12.8. The standard InChI is InChI=1S/C15H14ClN3O3/c1-9-3-4-12(11(16)5-9)19-14(20)8-22-15(21)13-7-17-10(2)6-18-13/h3-7H,8H2,1-2H3,(H,19,20). The third-order valence-electron chi connectivity index (χ3n) is 2.72. The van der Waals surface area contributed by atoms with Gasteiger partial charge in [-0.3, -0.25) is 9.78 Å². The van der Waals surface area contributed by atoms with Crippen molar-refractivity contribution in [3.8, 4) is 0 Å². The smallest absolute Gasteiger partial charge is 0.359 e. The van der Waals surface area contributed by atoms with Crippen LogP contribution in [0.4, 0.5) is 5.69 Å². The van der Waals surface area contributed by atoms with E-state index >= 15 is 0 Å². The summed E-state index contributed by atoms with van der Waals surface area (Å²) in [6.45, 7) is 3.21. The van der Waals surface area contributed by atoms with E-state index in [0.29, 0.717) is 16.4 Å². The van der Waals surface area contributed by atoms with Crippen LogP contribution in [-0.2, 0) is 9.53 Å². The number of hydrogen-bond acceptors (Lipinski definition) is 5. The van der Waals surface area contributed by atoms with Gasteiger partial charge in [-0.05, 0) is 31.5 Å². The molecule has 1 heterocycles. The molecule has 7 heteroatoms. The lowest BCUT2D eigenvalue weighted by Gasteiger charge is -2.08. The Hall–Kier alpha value is -2.47. The van der Waals surface area contributed by atoms with Crippen LogP contribution >= 0.6 is 11.6 Å². The van der Waals surface area contributed by atoms with Gasteiger partial charge in [-0.2, -0.15) is 0 Å². The maximum absolute atomic E-state index is 11.8. The lowest BCUT2D eigenvalue weighted by molar-refractivity contribution is -0.119. The number of nitrogens with one attached hydrogen (secondary N) is 1. The van der Waals surface area contributed by atoms with Gasteiger partial charge in [0.1, 0.15) is 0 Å². The van der Waals surface area contributed by atoms with Crippen molar-refractivity contribution in [1.82, 2.24) is 9.97 Å². The van der Waals surface area contributed by atoms with Crippen LogP contribution in [0.5, 0.6) is 0 Å². The number of nitrogens with zero attached hydrogens (tertiary/aromatic N) is 2. The van der Waals surface area contributed by atoms with Gasteiger partial charge in [0.05, 0.1) is 22.6 Å². The fourth-order valence-corrected chi connectivity index (χ4v) is 1.89. The monoisotopic (exact) mass is 319 g/mol. The first-order chi connectivity index (χ1) is 10.5. The number of anilines is 1. The minimum Gasteiger partial charge on any atom is -0.451 e. The fourth-order valence-electron chi connectivity index (χ4n) is 1.61. The van der Waals surface area contributed by atoms with E-state index < -0.39 is 18.5 Å². The highest BCUT2D eigenvalue weighted by Crippen LogP contribution is 2.22. The molecular weight excluding hydrogens is 306 g/mol. The van der Waals surface area contributed by atoms with Gasteiger partial charge in [0, 0.05) is 6.20 Å². The van der Waals surface area contributed by atoms with Crippen molar-refractivity contribution >= 4 is 29.2 Å². The third-order valence-corrected chi connectivity index (χ3v) is 3.04. The largest absolute Gasteiger partial charge is 0.451 e. The Morgan fingerprint density at radius 1 is 1.23 bits per heavy atom. The molecular formula is C15H14ClN3O3. The van der Waals surface area contributed by atoms with E-state index in [0.717, 1.165) is 5.56 Å². The molecule has 0 bridgehead atoms. The number of carbonyl (C=O) groups excluding carboxylic acids is 2. The third kappa shape index (κ3) is 4.26. The molecule has 0 saturated heterocycles. The summed E-state index contributed by atoms with van der Waals surface area (Å²) in [6, 6.07) is 5.23. The number of esters is 1. The number of aryl methyl sites for hydroxylation is 2. The minimum absolute atomic E-state index is 0.0479. The summed E-state index contributed by atoms with van der Waals surface area (Å²) in [5.41, 5.74) is 2.17. The van der Waals surface area contributed by atoms with E-state index in [1.54, 1.807) is 19.1 Å². The van der Waals surface area contributed by atoms with Crippen LogP contribution in [0.3, 0.4) is 0 Å². The van der Waals surface area contributed by atoms with E-state index in [-0.39, 0.29) is 5.69 Å². The van der Waals surface area contributed by atoms with Crippen LogP contribution in [0, 0.1) is 13.8 Å². The SMILES string of the molecule is Cc1ccc(NC(=O)COC(=O)c2cnc(C)cn2)c(Cl)c1. The van der Waals surface area contributed by atoms with Gasteiger partial charge in [-0.25, -0.2) is 9.78 Å². The normalized spacial score (nSPS) is 10.1. The van der Waals surface area contributed by atoms with Crippen LogP contribution < -0.4 is 5.32 Å². The lowest BCUT2D eigenvalue weighted by Crippen LogP contribution is -2.21. The van der Waals surface area contributed by atoms with Crippen LogP contribution in [0.2, 0.25) is 5.02 Å². The average Bonchev–Trinajstić information content (AvgIpc) is 2.48. The minimum atomic E-state index is -0.711. The number of ether oxygens (including phenoxy) is 1. The maximum Gasteiger partial charge on any atom is 0.359 e. The zero-order valence-electron chi connectivity index (χ0n) is 12.1. The topological polar surface area (TPSA) is 81.2 Å². The van der Waals surface area contributed by atoms with Gasteiger partial charge in [0.15, 0.2) is 12.3 Å². The molecule has 0 unspecified atom stereocenters. The molecule has 22 heavy (non-hydrogen) atoms. The second-order valence-electron chi connectivity index (χ2n) is 4.65. The lowest BCUT2D eigenvalue weighted by atomic mass is 10.2. The van der Waals surface area contributed by atoms with Gasteiger partial charge >= 0.3 is 5.97 Å². The summed E-state index contributed by atoms with van der Waals surface area (Å²) in [7, 11) is 0. The Bertz CT molecular complexity index is 702. The molecule has 0 saturated carbocycles. The summed E-state index contributed by atoms with van der Waals surface area (Å²) >= 11 is 6.01. The van der Waals surface area contributed by atoms with Gasteiger partial charge < -0.3 is 10.1 Å². The number of amides is 1. The number of carbonyl (C=O) groups is 2. The summed E-state index contributed by atoms with van der Waals surface area (Å²) in [4.78, 5) is 31.3. The van der Waals surface area contributed by atoms with Crippen molar-refractivity contribution in [1.29, 1.82) is 0 Å². The second-order valence-corrected chi connectivity index (χ2v) is 5.06. The van der Waals surface area contributed by atoms with Gasteiger partial charge in [-0.1, -0.05) is 17.7 Å². The Morgan fingerprint density at radius 3 is 2.64 bits per heavy atom. The Labute approximate surface area is 132 Å². The molecule has 0 spiro atoms. The van der Waals surface area contributed by atoms with Crippen LogP contribution in [0.1, 0.15) is 21.7 Å². The van der Waals surface area contributed by atoms with Crippen molar-refractivity contribution in [2.24, 2.45) is 0 Å².